The fourth-order valence-corrected chi connectivity index (χ4v) is 2.59. The Kier molecular flexibility index (Phi) is 4.88. The van der Waals surface area contributed by atoms with E-state index < -0.39 is 0 Å². The zero-order chi connectivity index (χ0) is 10.4. The van der Waals surface area contributed by atoms with Crippen LogP contribution in [0.1, 0.15) is 26.7 Å². The maximum Gasteiger partial charge on any atom is 0.116 e. The van der Waals surface area contributed by atoms with Gasteiger partial charge in [-0.2, -0.15) is 0 Å². The summed E-state index contributed by atoms with van der Waals surface area (Å²) in [4.78, 5) is 1.16. The van der Waals surface area contributed by atoms with Crippen molar-refractivity contribution in [3.8, 4) is 5.75 Å². The molecule has 0 aliphatic rings. The third-order valence-electron chi connectivity index (χ3n) is 2.46. The summed E-state index contributed by atoms with van der Waals surface area (Å²) in [5.41, 5.74) is 0. The van der Waals surface area contributed by atoms with E-state index in [0.29, 0.717) is 5.75 Å². The first-order valence-corrected chi connectivity index (χ1v) is 6.16. The van der Waals surface area contributed by atoms with Crippen molar-refractivity contribution in [3.63, 3.8) is 0 Å². The summed E-state index contributed by atoms with van der Waals surface area (Å²) in [6, 6.07) is 7.48. The molecule has 2 heteroatoms. The number of thioether (sulfide) groups is 1. The molecule has 0 amide bonds. The van der Waals surface area contributed by atoms with Crippen LogP contribution in [0, 0.1) is 5.92 Å². The zero-order valence-electron chi connectivity index (χ0n) is 8.86. The second-order valence-corrected chi connectivity index (χ2v) is 4.58. The Morgan fingerprint density at radius 3 is 2.57 bits per heavy atom. The second-order valence-electron chi connectivity index (χ2n) is 3.49. The molecule has 1 aromatic rings. The van der Waals surface area contributed by atoms with Crippen molar-refractivity contribution in [2.45, 2.75) is 31.6 Å². The van der Waals surface area contributed by atoms with Crippen molar-refractivity contribution in [2.24, 2.45) is 5.92 Å². The van der Waals surface area contributed by atoms with Crippen LogP contribution >= 0.6 is 11.8 Å². The fraction of sp³-hybridized carbons (Fsp3) is 0.500. The molecule has 1 N–H and O–H groups in total. The molecule has 0 aliphatic heterocycles. The van der Waals surface area contributed by atoms with Crippen LogP contribution in [0.25, 0.3) is 0 Å². The minimum Gasteiger partial charge on any atom is -0.508 e. The normalized spacial score (nSPS) is 10.8. The summed E-state index contributed by atoms with van der Waals surface area (Å²) in [5.74, 6) is 2.30. The Morgan fingerprint density at radius 1 is 1.29 bits per heavy atom. The Hall–Kier alpha value is -0.630. The largest absolute Gasteiger partial charge is 0.508 e. The van der Waals surface area contributed by atoms with E-state index >= 15 is 0 Å². The van der Waals surface area contributed by atoms with Gasteiger partial charge in [0.25, 0.3) is 0 Å². The van der Waals surface area contributed by atoms with E-state index in [4.69, 9.17) is 0 Å². The van der Waals surface area contributed by atoms with Crippen molar-refractivity contribution < 1.29 is 5.11 Å². The Labute approximate surface area is 90.5 Å². The highest BCUT2D eigenvalue weighted by molar-refractivity contribution is 7.99. The molecule has 0 bridgehead atoms. The van der Waals surface area contributed by atoms with Gasteiger partial charge in [0, 0.05) is 10.6 Å². The van der Waals surface area contributed by atoms with E-state index in [-0.39, 0.29) is 0 Å². The topological polar surface area (TPSA) is 20.2 Å². The van der Waals surface area contributed by atoms with Gasteiger partial charge in [-0.3, -0.25) is 0 Å². The number of aromatic hydroxyl groups is 1. The molecule has 0 radical (unpaired) electrons. The first kappa shape index (κ1) is 11.4. The van der Waals surface area contributed by atoms with Crippen LogP contribution in [0.15, 0.2) is 29.2 Å². The van der Waals surface area contributed by atoms with Crippen LogP contribution in [-0.4, -0.2) is 10.9 Å². The molecule has 0 saturated carbocycles. The minimum atomic E-state index is 0.361. The Bertz CT molecular complexity index is 269. The summed E-state index contributed by atoms with van der Waals surface area (Å²) in [6.45, 7) is 4.47. The molecule has 0 saturated heterocycles. The Balaban J connectivity index is 2.44. The molecule has 0 aliphatic carbocycles. The number of phenols is 1. The molecule has 0 aromatic heterocycles. The van der Waals surface area contributed by atoms with Crippen molar-refractivity contribution in [1.82, 2.24) is 0 Å². The third kappa shape index (κ3) is 3.62. The van der Waals surface area contributed by atoms with Crippen LogP contribution in [-0.2, 0) is 0 Å². The lowest BCUT2D eigenvalue weighted by Crippen LogP contribution is -1.99. The van der Waals surface area contributed by atoms with Crippen LogP contribution in [0.2, 0.25) is 0 Å². The molecule has 1 nitrogen and oxygen atoms in total. The van der Waals surface area contributed by atoms with Gasteiger partial charge in [0.05, 0.1) is 0 Å². The summed E-state index contributed by atoms with van der Waals surface area (Å²) in [7, 11) is 0. The Morgan fingerprint density at radius 2 is 2.00 bits per heavy atom. The van der Waals surface area contributed by atoms with Gasteiger partial charge in [0.15, 0.2) is 0 Å². The van der Waals surface area contributed by atoms with Gasteiger partial charge in [-0.1, -0.05) is 32.8 Å². The standard InChI is InChI=1S/C12H18OS/c1-3-10(4-2)9-14-12-7-5-6-11(13)8-12/h5-8,10,13H,3-4,9H2,1-2H3. The highest BCUT2D eigenvalue weighted by Crippen LogP contribution is 2.25. The monoisotopic (exact) mass is 210 g/mol. The van der Waals surface area contributed by atoms with Crippen LogP contribution < -0.4 is 0 Å². The number of benzene rings is 1. The summed E-state index contributed by atoms with van der Waals surface area (Å²) in [5, 5.41) is 9.28. The van der Waals surface area contributed by atoms with Gasteiger partial charge < -0.3 is 5.11 Å². The highest BCUT2D eigenvalue weighted by Gasteiger charge is 2.04. The maximum atomic E-state index is 9.28. The third-order valence-corrected chi connectivity index (χ3v) is 3.68. The number of hydrogen-bond donors (Lipinski definition) is 1. The number of hydrogen-bond acceptors (Lipinski definition) is 2. The SMILES string of the molecule is CCC(CC)CSc1cccc(O)c1. The van der Waals surface area contributed by atoms with E-state index in [1.807, 2.05) is 30.0 Å². The van der Waals surface area contributed by atoms with Gasteiger partial charge >= 0.3 is 0 Å². The quantitative estimate of drug-likeness (QED) is 0.743. The fourth-order valence-electron chi connectivity index (χ4n) is 1.31. The molecule has 0 unspecified atom stereocenters. The van der Waals surface area contributed by atoms with E-state index in [2.05, 4.69) is 13.8 Å². The molecular weight excluding hydrogens is 192 g/mol. The van der Waals surface area contributed by atoms with E-state index in [1.165, 1.54) is 12.8 Å². The summed E-state index contributed by atoms with van der Waals surface area (Å²) >= 11 is 1.83. The van der Waals surface area contributed by atoms with Gasteiger partial charge in [0.1, 0.15) is 5.75 Å². The lowest BCUT2D eigenvalue weighted by atomic mass is 10.1. The number of phenolic OH excluding ortho intramolecular Hbond substituents is 1. The smallest absolute Gasteiger partial charge is 0.116 e. The maximum absolute atomic E-state index is 9.28. The van der Waals surface area contributed by atoms with E-state index in [9.17, 15) is 5.11 Å². The first-order valence-electron chi connectivity index (χ1n) is 5.18. The summed E-state index contributed by atoms with van der Waals surface area (Å²) in [6.07, 6.45) is 2.48. The van der Waals surface area contributed by atoms with Crippen LogP contribution in [0.4, 0.5) is 0 Å². The second kappa shape index (κ2) is 5.97. The van der Waals surface area contributed by atoms with Crippen LogP contribution in [0.3, 0.4) is 0 Å². The molecule has 0 spiro atoms. The molecule has 0 heterocycles. The van der Waals surface area contributed by atoms with Crippen molar-refractivity contribution >= 4 is 11.8 Å². The van der Waals surface area contributed by atoms with Crippen molar-refractivity contribution in [1.29, 1.82) is 0 Å². The molecule has 1 aromatic carbocycles. The van der Waals surface area contributed by atoms with E-state index in [0.717, 1.165) is 16.6 Å². The van der Waals surface area contributed by atoms with Gasteiger partial charge in [-0.15, -0.1) is 11.8 Å². The van der Waals surface area contributed by atoms with Crippen molar-refractivity contribution in [2.75, 3.05) is 5.75 Å². The van der Waals surface area contributed by atoms with Crippen LogP contribution in [0.5, 0.6) is 5.75 Å². The number of rotatable bonds is 5. The average molecular weight is 210 g/mol. The predicted octanol–water partition coefficient (Wildman–Crippen LogP) is 3.92. The van der Waals surface area contributed by atoms with Gasteiger partial charge in [-0.25, -0.2) is 0 Å². The molecule has 78 valence electrons. The lowest BCUT2D eigenvalue weighted by molar-refractivity contribution is 0.474. The molecule has 0 atom stereocenters. The predicted molar refractivity (Wildman–Crippen MR) is 62.9 cm³/mol. The molecule has 0 fully saturated rings. The van der Waals surface area contributed by atoms with Gasteiger partial charge in [0.2, 0.25) is 0 Å². The van der Waals surface area contributed by atoms with E-state index in [1.54, 1.807) is 6.07 Å². The average Bonchev–Trinajstić information content (AvgIpc) is 2.19. The molecule has 1 rings (SSSR count). The first-order chi connectivity index (χ1) is 6.76. The van der Waals surface area contributed by atoms with Gasteiger partial charge in [-0.05, 0) is 24.1 Å². The molecular formula is C12H18OS. The summed E-state index contributed by atoms with van der Waals surface area (Å²) < 4.78 is 0. The lowest BCUT2D eigenvalue weighted by Gasteiger charge is -2.11. The highest BCUT2D eigenvalue weighted by atomic mass is 32.2. The molecule has 14 heavy (non-hydrogen) atoms. The minimum absolute atomic E-state index is 0.361. The zero-order valence-corrected chi connectivity index (χ0v) is 9.68. The van der Waals surface area contributed by atoms with Crippen molar-refractivity contribution in [3.05, 3.63) is 24.3 Å².